The van der Waals surface area contributed by atoms with Gasteiger partial charge in [-0.15, -0.1) is 0 Å². The minimum absolute atomic E-state index is 0.152. The van der Waals surface area contributed by atoms with Crippen molar-refractivity contribution in [3.63, 3.8) is 0 Å². The van der Waals surface area contributed by atoms with E-state index in [2.05, 4.69) is 5.32 Å². The van der Waals surface area contributed by atoms with E-state index in [4.69, 9.17) is 4.42 Å². The number of nitrogens with one attached hydrogen (secondary N) is 1. The Bertz CT molecular complexity index is 523. The molecule has 100 valence electrons. The fourth-order valence-corrected chi connectivity index (χ4v) is 1.70. The predicted octanol–water partition coefficient (Wildman–Crippen LogP) is 2.49. The summed E-state index contributed by atoms with van der Waals surface area (Å²) in [4.78, 5) is 13.6. The number of carbonyl (C=O) groups is 1. The number of likely N-dealkylation sites (N-methyl/N-ethyl adjacent to an activating group) is 1. The number of amides is 1. The summed E-state index contributed by atoms with van der Waals surface area (Å²) in [6.07, 6.45) is 1.60. The second kappa shape index (κ2) is 6.15. The van der Waals surface area contributed by atoms with Crippen LogP contribution in [0.3, 0.4) is 0 Å². The monoisotopic (exact) mass is 262 g/mol. The van der Waals surface area contributed by atoms with Crippen LogP contribution >= 0.6 is 0 Å². The molecule has 0 atom stereocenters. The maximum absolute atomic E-state index is 12.7. The molecule has 1 N–H and O–H groups in total. The lowest BCUT2D eigenvalue weighted by atomic mass is 10.3. The van der Waals surface area contributed by atoms with Crippen LogP contribution in [0, 0.1) is 5.82 Å². The number of hydrogen-bond donors (Lipinski definition) is 1. The third-order valence-electron chi connectivity index (χ3n) is 2.55. The highest BCUT2D eigenvalue weighted by Gasteiger charge is 2.08. The maximum Gasteiger partial charge on any atom is 0.238 e. The van der Waals surface area contributed by atoms with E-state index in [9.17, 15) is 9.18 Å². The molecule has 0 spiro atoms. The van der Waals surface area contributed by atoms with Crippen LogP contribution in [-0.4, -0.2) is 24.4 Å². The molecular formula is C14H15FN2O2. The highest BCUT2D eigenvalue weighted by molar-refractivity contribution is 5.92. The van der Waals surface area contributed by atoms with Crippen molar-refractivity contribution in [2.45, 2.75) is 6.54 Å². The molecule has 1 aromatic carbocycles. The van der Waals surface area contributed by atoms with E-state index in [0.717, 1.165) is 5.76 Å². The SMILES string of the molecule is CN(CC(=O)Nc1ccc(F)cc1)Cc1ccco1. The van der Waals surface area contributed by atoms with Crippen LogP contribution in [0.1, 0.15) is 5.76 Å². The van der Waals surface area contributed by atoms with Gasteiger partial charge in [0.25, 0.3) is 0 Å². The standard InChI is InChI=1S/C14H15FN2O2/c1-17(9-13-3-2-8-19-13)10-14(18)16-12-6-4-11(15)5-7-12/h2-8H,9-10H2,1H3,(H,16,18). The van der Waals surface area contributed by atoms with Gasteiger partial charge in [0, 0.05) is 5.69 Å². The average molecular weight is 262 g/mol. The molecule has 2 aromatic rings. The van der Waals surface area contributed by atoms with Gasteiger partial charge in [-0.05, 0) is 43.4 Å². The summed E-state index contributed by atoms with van der Waals surface area (Å²) in [6.45, 7) is 0.794. The minimum atomic E-state index is -0.326. The largest absolute Gasteiger partial charge is 0.468 e. The highest BCUT2D eigenvalue weighted by Crippen LogP contribution is 2.08. The molecule has 19 heavy (non-hydrogen) atoms. The Labute approximate surface area is 110 Å². The lowest BCUT2D eigenvalue weighted by Gasteiger charge is -2.14. The molecule has 1 aromatic heterocycles. The van der Waals surface area contributed by atoms with E-state index in [1.807, 2.05) is 24.1 Å². The number of hydrogen-bond acceptors (Lipinski definition) is 3. The number of rotatable bonds is 5. The van der Waals surface area contributed by atoms with Crippen LogP contribution in [0.5, 0.6) is 0 Å². The van der Waals surface area contributed by atoms with E-state index in [1.165, 1.54) is 24.3 Å². The fourth-order valence-electron chi connectivity index (χ4n) is 1.70. The van der Waals surface area contributed by atoms with Crippen LogP contribution in [-0.2, 0) is 11.3 Å². The number of carbonyl (C=O) groups excluding carboxylic acids is 1. The molecule has 0 saturated heterocycles. The lowest BCUT2D eigenvalue weighted by molar-refractivity contribution is -0.117. The molecule has 0 bridgehead atoms. The van der Waals surface area contributed by atoms with Gasteiger partial charge in [-0.3, -0.25) is 9.69 Å². The van der Waals surface area contributed by atoms with E-state index >= 15 is 0 Å². The fraction of sp³-hybridized carbons (Fsp3) is 0.214. The summed E-state index contributed by atoms with van der Waals surface area (Å²) in [5.74, 6) is 0.325. The highest BCUT2D eigenvalue weighted by atomic mass is 19.1. The summed E-state index contributed by atoms with van der Waals surface area (Å²) < 4.78 is 17.9. The van der Waals surface area contributed by atoms with Crippen molar-refractivity contribution in [2.24, 2.45) is 0 Å². The molecule has 2 rings (SSSR count). The van der Waals surface area contributed by atoms with E-state index in [1.54, 1.807) is 6.26 Å². The molecule has 1 amide bonds. The zero-order chi connectivity index (χ0) is 13.7. The Morgan fingerprint density at radius 2 is 2.05 bits per heavy atom. The third-order valence-corrected chi connectivity index (χ3v) is 2.55. The third kappa shape index (κ3) is 4.22. The number of anilines is 1. The number of furan rings is 1. The van der Waals surface area contributed by atoms with Crippen molar-refractivity contribution < 1.29 is 13.6 Å². The number of halogens is 1. The predicted molar refractivity (Wildman–Crippen MR) is 70.1 cm³/mol. The first-order chi connectivity index (χ1) is 9.13. The van der Waals surface area contributed by atoms with Crippen molar-refractivity contribution in [1.82, 2.24) is 4.90 Å². The van der Waals surface area contributed by atoms with Crippen molar-refractivity contribution in [3.05, 3.63) is 54.2 Å². The smallest absolute Gasteiger partial charge is 0.238 e. The number of nitrogens with zero attached hydrogens (tertiary/aromatic N) is 1. The van der Waals surface area contributed by atoms with Gasteiger partial charge >= 0.3 is 0 Å². The lowest BCUT2D eigenvalue weighted by Crippen LogP contribution is -2.29. The molecular weight excluding hydrogens is 247 g/mol. The van der Waals surface area contributed by atoms with Crippen molar-refractivity contribution in [2.75, 3.05) is 18.9 Å². The van der Waals surface area contributed by atoms with Gasteiger partial charge in [-0.1, -0.05) is 0 Å². The topological polar surface area (TPSA) is 45.5 Å². The van der Waals surface area contributed by atoms with Gasteiger partial charge in [0.1, 0.15) is 11.6 Å². The zero-order valence-electron chi connectivity index (χ0n) is 10.6. The minimum Gasteiger partial charge on any atom is -0.468 e. The van der Waals surface area contributed by atoms with Crippen molar-refractivity contribution >= 4 is 11.6 Å². The Hall–Kier alpha value is -2.14. The van der Waals surface area contributed by atoms with Gasteiger partial charge in [0.15, 0.2) is 0 Å². The summed E-state index contributed by atoms with van der Waals surface area (Å²) in [5, 5.41) is 2.70. The molecule has 5 heteroatoms. The average Bonchev–Trinajstić information content (AvgIpc) is 2.84. The quantitative estimate of drug-likeness (QED) is 0.900. The summed E-state index contributed by atoms with van der Waals surface area (Å²) in [6, 6.07) is 9.33. The molecule has 0 aliphatic heterocycles. The molecule has 0 radical (unpaired) electrons. The maximum atomic E-state index is 12.7. The molecule has 4 nitrogen and oxygen atoms in total. The van der Waals surface area contributed by atoms with E-state index < -0.39 is 0 Å². The first-order valence-corrected chi connectivity index (χ1v) is 5.90. The van der Waals surface area contributed by atoms with E-state index in [0.29, 0.717) is 12.2 Å². The molecule has 0 fully saturated rings. The summed E-state index contributed by atoms with van der Waals surface area (Å²) >= 11 is 0. The van der Waals surface area contributed by atoms with Crippen molar-refractivity contribution in [3.8, 4) is 0 Å². The first-order valence-electron chi connectivity index (χ1n) is 5.90. The Kier molecular flexibility index (Phi) is 4.30. The molecule has 0 aliphatic rings. The van der Waals surface area contributed by atoms with Crippen LogP contribution in [0.15, 0.2) is 47.1 Å². The Morgan fingerprint density at radius 1 is 1.32 bits per heavy atom. The molecule has 0 unspecified atom stereocenters. The van der Waals surface area contributed by atoms with Crippen molar-refractivity contribution in [1.29, 1.82) is 0 Å². The molecule has 0 saturated carbocycles. The second-order valence-electron chi connectivity index (χ2n) is 4.31. The second-order valence-corrected chi connectivity index (χ2v) is 4.31. The molecule has 0 aliphatic carbocycles. The van der Waals surface area contributed by atoms with Gasteiger partial charge in [0.05, 0.1) is 19.4 Å². The Morgan fingerprint density at radius 3 is 2.68 bits per heavy atom. The van der Waals surface area contributed by atoms with Crippen LogP contribution in [0.4, 0.5) is 10.1 Å². The normalized spacial score (nSPS) is 10.7. The summed E-state index contributed by atoms with van der Waals surface area (Å²) in [5.41, 5.74) is 0.581. The van der Waals surface area contributed by atoms with Gasteiger partial charge in [-0.2, -0.15) is 0 Å². The van der Waals surface area contributed by atoms with Gasteiger partial charge in [-0.25, -0.2) is 4.39 Å². The van der Waals surface area contributed by atoms with Gasteiger partial charge in [0.2, 0.25) is 5.91 Å². The molecule has 1 heterocycles. The number of benzene rings is 1. The zero-order valence-corrected chi connectivity index (χ0v) is 10.6. The first kappa shape index (κ1) is 13.3. The van der Waals surface area contributed by atoms with Crippen LogP contribution < -0.4 is 5.32 Å². The van der Waals surface area contributed by atoms with Gasteiger partial charge < -0.3 is 9.73 Å². The Balaban J connectivity index is 1.82. The van der Waals surface area contributed by atoms with Crippen LogP contribution in [0.25, 0.3) is 0 Å². The van der Waals surface area contributed by atoms with E-state index in [-0.39, 0.29) is 18.3 Å². The summed E-state index contributed by atoms with van der Waals surface area (Å²) in [7, 11) is 1.83. The van der Waals surface area contributed by atoms with Crippen LogP contribution in [0.2, 0.25) is 0 Å².